The van der Waals surface area contributed by atoms with E-state index in [1.807, 2.05) is 52.2 Å². The van der Waals surface area contributed by atoms with Gasteiger partial charge in [-0.3, -0.25) is 4.79 Å². The average Bonchev–Trinajstić information content (AvgIpc) is 3.49. The molecule has 2 aliphatic rings. The molecule has 0 saturated carbocycles. The van der Waals surface area contributed by atoms with Crippen LogP contribution in [0.4, 0.5) is 0 Å². The predicted octanol–water partition coefficient (Wildman–Crippen LogP) is 1.66. The summed E-state index contributed by atoms with van der Waals surface area (Å²) < 4.78 is 7.42. The SMILES string of the molecule is CCNC(=NCc1ccn(-c2ccccc2)n1)N1CCN(C(=O)C2CCCO2)CC1. The maximum Gasteiger partial charge on any atom is 0.251 e. The number of ether oxygens (including phenoxy) is 1. The number of piperazine rings is 1. The Morgan fingerprint density at radius 1 is 1.17 bits per heavy atom. The molecule has 30 heavy (non-hydrogen) atoms. The normalized spacial score (nSPS) is 19.9. The fraction of sp³-hybridized carbons (Fsp3) is 0.500. The van der Waals surface area contributed by atoms with Crippen molar-refractivity contribution in [2.45, 2.75) is 32.4 Å². The quantitative estimate of drug-likeness (QED) is 0.599. The zero-order valence-corrected chi connectivity index (χ0v) is 17.5. The van der Waals surface area contributed by atoms with Crippen LogP contribution < -0.4 is 5.32 Å². The van der Waals surface area contributed by atoms with Crippen molar-refractivity contribution >= 4 is 11.9 Å². The van der Waals surface area contributed by atoms with Crippen LogP contribution in [0.3, 0.4) is 0 Å². The highest BCUT2D eigenvalue weighted by Crippen LogP contribution is 2.16. The fourth-order valence-electron chi connectivity index (χ4n) is 3.87. The summed E-state index contributed by atoms with van der Waals surface area (Å²) in [6.45, 7) is 7.01. The molecule has 1 amide bonds. The number of nitrogens with zero attached hydrogens (tertiary/aromatic N) is 5. The van der Waals surface area contributed by atoms with Crippen LogP contribution in [0.15, 0.2) is 47.6 Å². The summed E-state index contributed by atoms with van der Waals surface area (Å²) >= 11 is 0. The van der Waals surface area contributed by atoms with E-state index in [0.717, 1.165) is 49.8 Å². The summed E-state index contributed by atoms with van der Waals surface area (Å²) in [5.74, 6) is 1.01. The van der Waals surface area contributed by atoms with E-state index in [2.05, 4.69) is 22.2 Å². The Morgan fingerprint density at radius 2 is 1.93 bits per heavy atom. The molecule has 3 heterocycles. The number of guanidine groups is 1. The van der Waals surface area contributed by atoms with E-state index in [-0.39, 0.29) is 12.0 Å². The number of aromatic nitrogens is 2. The number of carbonyl (C=O) groups excluding carboxylic acids is 1. The third-order valence-corrected chi connectivity index (χ3v) is 5.49. The number of hydrogen-bond acceptors (Lipinski definition) is 4. The van der Waals surface area contributed by atoms with Gasteiger partial charge in [0.25, 0.3) is 5.91 Å². The molecule has 0 radical (unpaired) electrons. The number of rotatable bonds is 5. The second-order valence-electron chi connectivity index (χ2n) is 7.57. The smallest absolute Gasteiger partial charge is 0.251 e. The van der Waals surface area contributed by atoms with E-state index < -0.39 is 0 Å². The second kappa shape index (κ2) is 9.75. The molecule has 2 fully saturated rings. The summed E-state index contributed by atoms with van der Waals surface area (Å²) in [5, 5.41) is 8.01. The minimum absolute atomic E-state index is 0.139. The van der Waals surface area contributed by atoms with Gasteiger partial charge in [0.1, 0.15) is 6.10 Å². The zero-order valence-electron chi connectivity index (χ0n) is 17.5. The molecular formula is C22H30N6O2. The third kappa shape index (κ3) is 4.81. The maximum atomic E-state index is 12.6. The standard InChI is InChI=1S/C22H30N6O2/c1-2-23-22(24-17-18-10-11-28(25-18)19-7-4-3-5-8-19)27-14-12-26(13-15-27)21(29)20-9-6-16-30-20/h3-5,7-8,10-11,20H,2,6,9,12-17H2,1H3,(H,23,24). The number of benzene rings is 1. The second-order valence-corrected chi connectivity index (χ2v) is 7.57. The summed E-state index contributed by atoms with van der Waals surface area (Å²) in [6.07, 6.45) is 3.55. The summed E-state index contributed by atoms with van der Waals surface area (Å²) in [7, 11) is 0. The van der Waals surface area contributed by atoms with Crippen molar-refractivity contribution in [3.8, 4) is 5.69 Å². The van der Waals surface area contributed by atoms with Gasteiger partial charge in [-0.1, -0.05) is 18.2 Å². The molecule has 1 aromatic heterocycles. The highest BCUT2D eigenvalue weighted by molar-refractivity contribution is 5.82. The van der Waals surface area contributed by atoms with Crippen LogP contribution in [0.2, 0.25) is 0 Å². The molecule has 1 N–H and O–H groups in total. The van der Waals surface area contributed by atoms with Crippen molar-refractivity contribution in [1.82, 2.24) is 24.9 Å². The van der Waals surface area contributed by atoms with Gasteiger partial charge in [0.05, 0.1) is 17.9 Å². The Hall–Kier alpha value is -2.87. The van der Waals surface area contributed by atoms with E-state index in [9.17, 15) is 4.79 Å². The topological polar surface area (TPSA) is 75.0 Å². The van der Waals surface area contributed by atoms with E-state index in [1.54, 1.807) is 0 Å². The molecule has 8 nitrogen and oxygen atoms in total. The highest BCUT2D eigenvalue weighted by Gasteiger charge is 2.30. The van der Waals surface area contributed by atoms with Crippen molar-refractivity contribution in [3.05, 3.63) is 48.3 Å². The molecule has 4 rings (SSSR count). The van der Waals surface area contributed by atoms with Crippen LogP contribution in [-0.4, -0.2) is 76.9 Å². The molecule has 8 heteroatoms. The Balaban J connectivity index is 1.35. The van der Waals surface area contributed by atoms with Crippen LogP contribution in [0.1, 0.15) is 25.5 Å². The van der Waals surface area contributed by atoms with Crippen molar-refractivity contribution in [2.75, 3.05) is 39.3 Å². The van der Waals surface area contributed by atoms with Gasteiger partial charge in [0, 0.05) is 45.5 Å². The first-order chi connectivity index (χ1) is 14.7. The molecule has 0 bridgehead atoms. The highest BCUT2D eigenvalue weighted by atomic mass is 16.5. The number of para-hydroxylation sites is 1. The Bertz CT molecular complexity index is 852. The van der Waals surface area contributed by atoms with Gasteiger partial charge in [-0.05, 0) is 38.0 Å². The summed E-state index contributed by atoms with van der Waals surface area (Å²) in [4.78, 5) is 21.5. The lowest BCUT2D eigenvalue weighted by atomic mass is 10.2. The zero-order chi connectivity index (χ0) is 20.8. The predicted molar refractivity (Wildman–Crippen MR) is 116 cm³/mol. The van der Waals surface area contributed by atoms with Gasteiger partial charge in [-0.15, -0.1) is 0 Å². The molecule has 1 atom stereocenters. The molecule has 2 aromatic rings. The summed E-state index contributed by atoms with van der Waals surface area (Å²) in [5.41, 5.74) is 1.95. The molecule has 1 aromatic carbocycles. The molecule has 0 aliphatic carbocycles. The van der Waals surface area contributed by atoms with Gasteiger partial charge in [0.2, 0.25) is 0 Å². The van der Waals surface area contributed by atoms with E-state index in [0.29, 0.717) is 26.2 Å². The maximum absolute atomic E-state index is 12.6. The Kier molecular flexibility index (Phi) is 6.63. The van der Waals surface area contributed by atoms with Crippen LogP contribution in [0, 0.1) is 0 Å². The number of amides is 1. The molecule has 2 aliphatic heterocycles. The van der Waals surface area contributed by atoms with Gasteiger partial charge in [-0.25, -0.2) is 9.67 Å². The molecule has 0 spiro atoms. The fourth-order valence-corrected chi connectivity index (χ4v) is 3.87. The van der Waals surface area contributed by atoms with Gasteiger partial charge in [-0.2, -0.15) is 5.10 Å². The lowest BCUT2D eigenvalue weighted by Gasteiger charge is -2.37. The van der Waals surface area contributed by atoms with Crippen LogP contribution in [0.25, 0.3) is 5.69 Å². The lowest BCUT2D eigenvalue weighted by molar-refractivity contribution is -0.142. The first-order valence-electron chi connectivity index (χ1n) is 10.8. The van der Waals surface area contributed by atoms with Crippen LogP contribution >= 0.6 is 0 Å². The van der Waals surface area contributed by atoms with E-state index in [1.165, 1.54) is 0 Å². The molecular weight excluding hydrogens is 380 g/mol. The Labute approximate surface area is 177 Å². The third-order valence-electron chi connectivity index (χ3n) is 5.49. The molecule has 2 saturated heterocycles. The van der Waals surface area contributed by atoms with Crippen LogP contribution in [-0.2, 0) is 16.1 Å². The van der Waals surface area contributed by atoms with E-state index in [4.69, 9.17) is 9.73 Å². The van der Waals surface area contributed by atoms with Crippen molar-refractivity contribution in [3.63, 3.8) is 0 Å². The monoisotopic (exact) mass is 410 g/mol. The van der Waals surface area contributed by atoms with Gasteiger partial charge < -0.3 is 19.9 Å². The van der Waals surface area contributed by atoms with Gasteiger partial charge >= 0.3 is 0 Å². The van der Waals surface area contributed by atoms with Gasteiger partial charge in [0.15, 0.2) is 5.96 Å². The average molecular weight is 411 g/mol. The molecule has 1 unspecified atom stereocenters. The van der Waals surface area contributed by atoms with E-state index >= 15 is 0 Å². The largest absolute Gasteiger partial charge is 0.368 e. The number of carbonyl (C=O) groups is 1. The first kappa shape index (κ1) is 20.4. The number of aliphatic imine (C=N–C) groups is 1. The first-order valence-corrected chi connectivity index (χ1v) is 10.8. The van der Waals surface area contributed by atoms with Crippen LogP contribution in [0.5, 0.6) is 0 Å². The minimum Gasteiger partial charge on any atom is -0.368 e. The van der Waals surface area contributed by atoms with Crippen molar-refractivity contribution in [1.29, 1.82) is 0 Å². The van der Waals surface area contributed by atoms with Crippen molar-refractivity contribution in [2.24, 2.45) is 4.99 Å². The van der Waals surface area contributed by atoms with Crippen molar-refractivity contribution < 1.29 is 9.53 Å². The Morgan fingerprint density at radius 3 is 2.63 bits per heavy atom. The lowest BCUT2D eigenvalue weighted by Crippen LogP contribution is -2.55. The number of hydrogen-bond donors (Lipinski definition) is 1. The minimum atomic E-state index is -0.238. The summed E-state index contributed by atoms with van der Waals surface area (Å²) in [6, 6.07) is 12.1. The molecule has 160 valence electrons. The number of nitrogens with one attached hydrogen (secondary N) is 1.